The number of nitrogens with two attached hydrogens (primary N) is 1. The van der Waals surface area contributed by atoms with Crippen molar-refractivity contribution in [2.45, 2.75) is 19.4 Å². The summed E-state index contributed by atoms with van der Waals surface area (Å²) in [5, 5.41) is 0. The minimum Gasteiger partial charge on any atom is -0.368 e. The van der Waals surface area contributed by atoms with Gasteiger partial charge in [-0.05, 0) is 31.0 Å². The van der Waals surface area contributed by atoms with E-state index < -0.39 is 11.9 Å². The van der Waals surface area contributed by atoms with E-state index in [1.807, 2.05) is 36.4 Å². The maximum atomic E-state index is 12.6. The fraction of sp³-hybridized carbons (Fsp3) is 0.222. The number of carbonyl (C=O) groups is 2. The molecule has 2 amide bonds. The van der Waals surface area contributed by atoms with Crippen LogP contribution in [-0.4, -0.2) is 29.3 Å². The second-order valence-corrected chi connectivity index (χ2v) is 5.18. The predicted molar refractivity (Wildman–Crippen MR) is 86.3 cm³/mol. The summed E-state index contributed by atoms with van der Waals surface area (Å²) in [6.45, 7) is 2.11. The van der Waals surface area contributed by atoms with Gasteiger partial charge in [-0.25, -0.2) is 0 Å². The van der Waals surface area contributed by atoms with Gasteiger partial charge < -0.3 is 10.6 Å². The Labute approximate surface area is 130 Å². The molecule has 2 aromatic carbocycles. The molecule has 0 saturated heterocycles. The number of hydrogen-bond donors (Lipinski definition) is 1. The molecule has 0 spiro atoms. The van der Waals surface area contributed by atoms with E-state index in [1.165, 1.54) is 4.90 Å². The van der Waals surface area contributed by atoms with Gasteiger partial charge in [-0.1, -0.05) is 48.5 Å². The van der Waals surface area contributed by atoms with Crippen molar-refractivity contribution in [2.75, 3.05) is 6.54 Å². The number of hydrogen-bond acceptors (Lipinski definition) is 2. The Kier molecular flexibility index (Phi) is 5.31. The average Bonchev–Trinajstić information content (AvgIpc) is 2.56. The molecule has 0 aromatic heterocycles. The van der Waals surface area contributed by atoms with Crippen molar-refractivity contribution >= 4 is 11.8 Å². The van der Waals surface area contributed by atoms with E-state index in [1.54, 1.807) is 31.2 Å². The van der Waals surface area contributed by atoms with Crippen LogP contribution in [0.15, 0.2) is 60.7 Å². The molecule has 0 aliphatic carbocycles. The second kappa shape index (κ2) is 7.41. The van der Waals surface area contributed by atoms with Crippen molar-refractivity contribution in [1.82, 2.24) is 4.90 Å². The van der Waals surface area contributed by atoms with E-state index in [-0.39, 0.29) is 5.91 Å². The van der Waals surface area contributed by atoms with Crippen LogP contribution in [0.4, 0.5) is 0 Å². The molecule has 1 unspecified atom stereocenters. The molecule has 0 radical (unpaired) electrons. The molecule has 114 valence electrons. The molecule has 1 atom stereocenters. The van der Waals surface area contributed by atoms with Gasteiger partial charge in [-0.2, -0.15) is 0 Å². The SMILES string of the molecule is CC(C(N)=O)N(CCc1ccccc1)C(=O)c1ccccc1. The molecule has 2 N–H and O–H groups in total. The lowest BCUT2D eigenvalue weighted by Crippen LogP contribution is -2.47. The van der Waals surface area contributed by atoms with Crippen LogP contribution in [0.25, 0.3) is 0 Å². The summed E-state index contributed by atoms with van der Waals surface area (Å²) in [7, 11) is 0. The number of rotatable bonds is 6. The zero-order valence-electron chi connectivity index (χ0n) is 12.6. The normalized spacial score (nSPS) is 11.7. The van der Waals surface area contributed by atoms with Gasteiger partial charge in [-0.15, -0.1) is 0 Å². The lowest BCUT2D eigenvalue weighted by molar-refractivity contribution is -0.121. The molecule has 0 aliphatic heterocycles. The lowest BCUT2D eigenvalue weighted by atomic mass is 10.1. The molecule has 2 rings (SSSR count). The van der Waals surface area contributed by atoms with E-state index in [9.17, 15) is 9.59 Å². The van der Waals surface area contributed by atoms with Crippen molar-refractivity contribution in [3.63, 3.8) is 0 Å². The van der Waals surface area contributed by atoms with Gasteiger partial charge in [0, 0.05) is 12.1 Å². The number of nitrogens with zero attached hydrogens (tertiary/aromatic N) is 1. The Morgan fingerprint density at radius 1 is 1.00 bits per heavy atom. The van der Waals surface area contributed by atoms with Gasteiger partial charge in [0.1, 0.15) is 6.04 Å². The van der Waals surface area contributed by atoms with Crippen molar-refractivity contribution in [1.29, 1.82) is 0 Å². The van der Waals surface area contributed by atoms with Crippen LogP contribution >= 0.6 is 0 Å². The quantitative estimate of drug-likeness (QED) is 0.888. The summed E-state index contributed by atoms with van der Waals surface area (Å²) in [6.07, 6.45) is 0.678. The van der Waals surface area contributed by atoms with Crippen LogP contribution in [-0.2, 0) is 11.2 Å². The lowest BCUT2D eigenvalue weighted by Gasteiger charge is -2.27. The molecule has 22 heavy (non-hydrogen) atoms. The van der Waals surface area contributed by atoms with Crippen LogP contribution in [0.1, 0.15) is 22.8 Å². The fourth-order valence-corrected chi connectivity index (χ4v) is 2.27. The third kappa shape index (κ3) is 3.95. The molecular formula is C18H20N2O2. The molecule has 0 aliphatic rings. The highest BCUT2D eigenvalue weighted by Gasteiger charge is 2.24. The third-order valence-corrected chi connectivity index (χ3v) is 3.65. The van der Waals surface area contributed by atoms with Crippen LogP contribution in [0, 0.1) is 0 Å². The Hall–Kier alpha value is -2.62. The third-order valence-electron chi connectivity index (χ3n) is 3.65. The summed E-state index contributed by atoms with van der Waals surface area (Å²) >= 11 is 0. The van der Waals surface area contributed by atoms with Crippen LogP contribution in [0.3, 0.4) is 0 Å². The zero-order chi connectivity index (χ0) is 15.9. The Balaban J connectivity index is 2.16. The largest absolute Gasteiger partial charge is 0.368 e. The summed E-state index contributed by atoms with van der Waals surface area (Å²) < 4.78 is 0. The summed E-state index contributed by atoms with van der Waals surface area (Å²) in [5.41, 5.74) is 7.06. The first-order chi connectivity index (χ1) is 10.6. The van der Waals surface area contributed by atoms with Crippen LogP contribution < -0.4 is 5.73 Å². The average molecular weight is 296 g/mol. The molecule has 0 saturated carbocycles. The summed E-state index contributed by atoms with van der Waals surface area (Å²) in [6, 6.07) is 18.2. The van der Waals surface area contributed by atoms with Crippen molar-refractivity contribution in [3.05, 3.63) is 71.8 Å². The molecular weight excluding hydrogens is 276 g/mol. The van der Waals surface area contributed by atoms with Gasteiger partial charge in [0.2, 0.25) is 5.91 Å². The number of benzene rings is 2. The molecule has 0 heterocycles. The smallest absolute Gasteiger partial charge is 0.254 e. The maximum Gasteiger partial charge on any atom is 0.254 e. The van der Waals surface area contributed by atoms with E-state index in [4.69, 9.17) is 5.73 Å². The predicted octanol–water partition coefficient (Wildman–Crippen LogP) is 2.25. The van der Waals surface area contributed by atoms with Gasteiger partial charge in [-0.3, -0.25) is 9.59 Å². The highest BCUT2D eigenvalue weighted by Crippen LogP contribution is 2.11. The molecule has 4 nitrogen and oxygen atoms in total. The van der Waals surface area contributed by atoms with Crippen LogP contribution in [0.5, 0.6) is 0 Å². The highest BCUT2D eigenvalue weighted by atomic mass is 16.2. The van der Waals surface area contributed by atoms with Crippen molar-refractivity contribution in [3.8, 4) is 0 Å². The Morgan fingerprint density at radius 2 is 1.55 bits per heavy atom. The monoisotopic (exact) mass is 296 g/mol. The fourth-order valence-electron chi connectivity index (χ4n) is 2.27. The van der Waals surface area contributed by atoms with Crippen LogP contribution in [0.2, 0.25) is 0 Å². The van der Waals surface area contributed by atoms with E-state index in [2.05, 4.69) is 0 Å². The van der Waals surface area contributed by atoms with Gasteiger partial charge in [0.15, 0.2) is 0 Å². The molecule has 0 fully saturated rings. The van der Waals surface area contributed by atoms with E-state index in [0.717, 1.165) is 5.56 Å². The first-order valence-electron chi connectivity index (χ1n) is 7.29. The van der Waals surface area contributed by atoms with E-state index in [0.29, 0.717) is 18.5 Å². The Morgan fingerprint density at radius 3 is 2.09 bits per heavy atom. The zero-order valence-corrected chi connectivity index (χ0v) is 12.6. The molecule has 4 heteroatoms. The topological polar surface area (TPSA) is 63.4 Å². The first kappa shape index (κ1) is 15.8. The molecule has 0 bridgehead atoms. The maximum absolute atomic E-state index is 12.6. The summed E-state index contributed by atoms with van der Waals surface area (Å²) in [5.74, 6) is -0.680. The van der Waals surface area contributed by atoms with E-state index >= 15 is 0 Å². The highest BCUT2D eigenvalue weighted by molar-refractivity contribution is 5.97. The number of primary amides is 1. The first-order valence-corrected chi connectivity index (χ1v) is 7.29. The minimum absolute atomic E-state index is 0.178. The number of carbonyl (C=O) groups excluding carboxylic acids is 2. The van der Waals surface area contributed by atoms with Gasteiger partial charge in [0.25, 0.3) is 5.91 Å². The summed E-state index contributed by atoms with van der Waals surface area (Å²) in [4.78, 5) is 25.7. The molecule has 2 aromatic rings. The van der Waals surface area contributed by atoms with Crippen molar-refractivity contribution in [2.24, 2.45) is 5.73 Å². The van der Waals surface area contributed by atoms with Gasteiger partial charge in [0.05, 0.1) is 0 Å². The van der Waals surface area contributed by atoms with Crippen molar-refractivity contribution < 1.29 is 9.59 Å². The number of amides is 2. The standard InChI is InChI=1S/C18H20N2O2/c1-14(17(19)21)20(13-12-15-8-4-2-5-9-15)18(22)16-10-6-3-7-11-16/h2-11,14H,12-13H2,1H3,(H2,19,21). The second-order valence-electron chi connectivity index (χ2n) is 5.18. The van der Waals surface area contributed by atoms with Gasteiger partial charge >= 0.3 is 0 Å². The minimum atomic E-state index is -0.642. The Bertz CT molecular complexity index is 626.